The van der Waals surface area contributed by atoms with Crippen molar-refractivity contribution in [3.63, 3.8) is 0 Å². The zero-order chi connectivity index (χ0) is 18.1. The van der Waals surface area contributed by atoms with E-state index in [2.05, 4.69) is 5.32 Å². The SMILES string of the molecule is Cc1c(C(=O)NC2CC2)sc(=O)n1Cc1ccc(C(=O)N(C)C)cc1. The minimum atomic E-state index is -0.159. The topological polar surface area (TPSA) is 71.4 Å². The van der Waals surface area contributed by atoms with Crippen molar-refractivity contribution in [1.82, 2.24) is 14.8 Å². The molecule has 7 heteroatoms. The molecule has 1 aliphatic carbocycles. The van der Waals surface area contributed by atoms with Crippen LogP contribution in [0, 0.1) is 6.92 Å². The molecule has 1 saturated carbocycles. The molecule has 2 amide bonds. The van der Waals surface area contributed by atoms with E-state index in [-0.39, 0.29) is 22.7 Å². The number of thiazole rings is 1. The number of carbonyl (C=O) groups excluding carboxylic acids is 2. The highest BCUT2D eigenvalue weighted by atomic mass is 32.1. The monoisotopic (exact) mass is 359 g/mol. The van der Waals surface area contributed by atoms with Gasteiger partial charge in [-0.2, -0.15) is 0 Å². The van der Waals surface area contributed by atoms with Gasteiger partial charge in [0.15, 0.2) is 0 Å². The average Bonchev–Trinajstić information content (AvgIpc) is 3.35. The number of carbonyl (C=O) groups is 2. The molecule has 6 nitrogen and oxygen atoms in total. The number of hydrogen-bond acceptors (Lipinski definition) is 4. The van der Waals surface area contributed by atoms with E-state index in [1.807, 2.05) is 12.1 Å². The summed E-state index contributed by atoms with van der Waals surface area (Å²) in [6.45, 7) is 2.18. The molecule has 1 aromatic heterocycles. The summed E-state index contributed by atoms with van der Waals surface area (Å²) in [7, 11) is 3.41. The second-order valence-electron chi connectivity index (χ2n) is 6.51. The number of hydrogen-bond donors (Lipinski definition) is 1. The van der Waals surface area contributed by atoms with Gasteiger partial charge in [-0.15, -0.1) is 0 Å². The summed E-state index contributed by atoms with van der Waals surface area (Å²) in [5.74, 6) is -0.220. The second kappa shape index (κ2) is 6.84. The van der Waals surface area contributed by atoms with E-state index in [1.165, 1.54) is 4.90 Å². The first-order valence-corrected chi connectivity index (χ1v) is 9.00. The Morgan fingerprint density at radius 3 is 2.44 bits per heavy atom. The average molecular weight is 359 g/mol. The molecule has 0 aliphatic heterocycles. The van der Waals surface area contributed by atoms with Crippen molar-refractivity contribution in [2.45, 2.75) is 32.4 Å². The molecule has 0 atom stereocenters. The van der Waals surface area contributed by atoms with Gasteiger partial charge in [-0.05, 0) is 37.5 Å². The smallest absolute Gasteiger partial charge is 0.308 e. The zero-order valence-corrected chi connectivity index (χ0v) is 15.4. The highest BCUT2D eigenvalue weighted by Crippen LogP contribution is 2.21. The van der Waals surface area contributed by atoms with Crippen LogP contribution in [0.15, 0.2) is 29.1 Å². The summed E-state index contributed by atoms with van der Waals surface area (Å²) < 4.78 is 1.61. The quantitative estimate of drug-likeness (QED) is 0.886. The van der Waals surface area contributed by atoms with Crippen LogP contribution in [0.4, 0.5) is 0 Å². The van der Waals surface area contributed by atoms with Gasteiger partial charge in [-0.1, -0.05) is 23.5 Å². The molecule has 0 unspecified atom stereocenters. The maximum atomic E-state index is 12.3. The van der Waals surface area contributed by atoms with Gasteiger partial charge < -0.3 is 10.2 Å². The molecule has 2 aromatic rings. The van der Waals surface area contributed by atoms with Crippen LogP contribution in [0.2, 0.25) is 0 Å². The Morgan fingerprint density at radius 2 is 1.88 bits per heavy atom. The lowest BCUT2D eigenvalue weighted by molar-refractivity contribution is 0.0827. The summed E-state index contributed by atoms with van der Waals surface area (Å²) in [5.41, 5.74) is 2.20. The molecule has 25 heavy (non-hydrogen) atoms. The van der Waals surface area contributed by atoms with E-state index in [9.17, 15) is 14.4 Å². The van der Waals surface area contributed by atoms with E-state index < -0.39 is 0 Å². The van der Waals surface area contributed by atoms with Crippen molar-refractivity contribution >= 4 is 23.2 Å². The van der Waals surface area contributed by atoms with Crippen molar-refractivity contribution in [3.8, 4) is 0 Å². The normalized spacial score (nSPS) is 13.6. The van der Waals surface area contributed by atoms with Crippen LogP contribution in [-0.2, 0) is 6.54 Å². The van der Waals surface area contributed by atoms with Gasteiger partial charge in [0.25, 0.3) is 11.8 Å². The number of amides is 2. The lowest BCUT2D eigenvalue weighted by Crippen LogP contribution is -2.25. The van der Waals surface area contributed by atoms with Crippen molar-refractivity contribution in [3.05, 3.63) is 55.6 Å². The van der Waals surface area contributed by atoms with Gasteiger partial charge in [-0.25, -0.2) is 0 Å². The molecule has 0 saturated heterocycles. The Bertz CT molecular complexity index is 861. The molecular weight excluding hydrogens is 338 g/mol. The minimum absolute atomic E-state index is 0.0607. The third-order valence-electron chi connectivity index (χ3n) is 4.21. The maximum Gasteiger partial charge on any atom is 0.308 e. The molecule has 1 aromatic carbocycles. The number of rotatable bonds is 5. The standard InChI is InChI=1S/C18H21N3O3S/c1-11-15(16(22)19-14-8-9-14)25-18(24)21(11)10-12-4-6-13(7-5-12)17(23)20(2)3/h4-7,14H,8-10H2,1-3H3,(H,19,22). The van der Waals surface area contributed by atoms with E-state index in [0.717, 1.165) is 29.7 Å². The van der Waals surface area contributed by atoms with E-state index in [1.54, 1.807) is 37.7 Å². The molecule has 1 fully saturated rings. The number of aromatic nitrogens is 1. The van der Waals surface area contributed by atoms with Crippen molar-refractivity contribution in [1.29, 1.82) is 0 Å². The Morgan fingerprint density at radius 1 is 1.24 bits per heavy atom. The number of nitrogens with zero attached hydrogens (tertiary/aromatic N) is 2. The Balaban J connectivity index is 1.78. The number of benzene rings is 1. The van der Waals surface area contributed by atoms with Crippen LogP contribution in [-0.4, -0.2) is 41.4 Å². The molecule has 0 spiro atoms. The van der Waals surface area contributed by atoms with Crippen LogP contribution in [0.3, 0.4) is 0 Å². The second-order valence-corrected chi connectivity index (χ2v) is 7.47. The predicted molar refractivity (Wildman–Crippen MR) is 97.4 cm³/mol. The van der Waals surface area contributed by atoms with Crippen molar-refractivity contribution in [2.24, 2.45) is 0 Å². The molecule has 0 bridgehead atoms. The van der Waals surface area contributed by atoms with Crippen molar-refractivity contribution in [2.75, 3.05) is 14.1 Å². The van der Waals surface area contributed by atoms with Crippen LogP contribution in [0.1, 0.15) is 44.1 Å². The van der Waals surface area contributed by atoms with Gasteiger partial charge in [0.2, 0.25) is 0 Å². The first kappa shape index (κ1) is 17.4. The lowest BCUT2D eigenvalue weighted by Gasteiger charge is -2.11. The van der Waals surface area contributed by atoms with Gasteiger partial charge in [0.1, 0.15) is 4.88 Å². The summed E-state index contributed by atoms with van der Waals surface area (Å²) in [5, 5.41) is 2.92. The van der Waals surface area contributed by atoms with Crippen LogP contribution < -0.4 is 10.2 Å². The Labute approximate surface area is 150 Å². The largest absolute Gasteiger partial charge is 0.349 e. The Kier molecular flexibility index (Phi) is 4.76. The maximum absolute atomic E-state index is 12.3. The van der Waals surface area contributed by atoms with E-state index >= 15 is 0 Å². The highest BCUT2D eigenvalue weighted by molar-refractivity contribution is 7.11. The summed E-state index contributed by atoms with van der Waals surface area (Å²) in [4.78, 5) is 38.3. The summed E-state index contributed by atoms with van der Waals surface area (Å²) in [6, 6.07) is 7.45. The van der Waals surface area contributed by atoms with E-state index in [0.29, 0.717) is 22.7 Å². The van der Waals surface area contributed by atoms with Crippen molar-refractivity contribution < 1.29 is 9.59 Å². The van der Waals surface area contributed by atoms with Crippen LogP contribution in [0.5, 0.6) is 0 Å². The fourth-order valence-electron chi connectivity index (χ4n) is 2.54. The molecule has 1 aliphatic rings. The zero-order valence-electron chi connectivity index (χ0n) is 14.5. The fraction of sp³-hybridized carbons (Fsp3) is 0.389. The molecule has 3 rings (SSSR count). The molecular formula is C18H21N3O3S. The summed E-state index contributed by atoms with van der Waals surface area (Å²) in [6.07, 6.45) is 2.02. The highest BCUT2D eigenvalue weighted by Gasteiger charge is 2.26. The third kappa shape index (κ3) is 3.82. The first-order chi connectivity index (χ1) is 11.9. The van der Waals surface area contributed by atoms with Gasteiger partial charge >= 0.3 is 4.87 Å². The van der Waals surface area contributed by atoms with Gasteiger partial charge in [0, 0.05) is 31.4 Å². The summed E-state index contributed by atoms with van der Waals surface area (Å²) >= 11 is 0.985. The lowest BCUT2D eigenvalue weighted by atomic mass is 10.1. The van der Waals surface area contributed by atoms with Gasteiger partial charge in [-0.3, -0.25) is 19.0 Å². The minimum Gasteiger partial charge on any atom is -0.349 e. The molecule has 132 valence electrons. The first-order valence-electron chi connectivity index (χ1n) is 8.18. The fourth-order valence-corrected chi connectivity index (χ4v) is 3.44. The Hall–Kier alpha value is -2.41. The van der Waals surface area contributed by atoms with Crippen LogP contribution in [0.25, 0.3) is 0 Å². The molecule has 1 N–H and O–H groups in total. The predicted octanol–water partition coefficient (Wildman–Crippen LogP) is 1.86. The molecule has 1 heterocycles. The number of nitrogens with one attached hydrogen (secondary N) is 1. The molecule has 0 radical (unpaired) electrons. The van der Waals surface area contributed by atoms with Crippen LogP contribution >= 0.6 is 11.3 Å². The third-order valence-corrected chi connectivity index (χ3v) is 5.29. The van der Waals surface area contributed by atoms with E-state index in [4.69, 9.17) is 0 Å². The van der Waals surface area contributed by atoms with Gasteiger partial charge in [0.05, 0.1) is 6.54 Å².